The van der Waals surface area contributed by atoms with Crippen LogP contribution < -0.4 is 4.90 Å². The highest BCUT2D eigenvalue weighted by Gasteiger charge is 2.40. The number of para-hydroxylation sites is 1. The molecule has 1 unspecified atom stereocenters. The van der Waals surface area contributed by atoms with E-state index in [2.05, 4.69) is 129 Å². The molecule has 2 aliphatic rings. The molecule has 0 aliphatic heterocycles. The number of likely N-dealkylation sites (N-methyl/N-ethyl adjacent to an activating group) is 1. The fraction of sp³-hybridized carbons (Fsp3) is 0.212. The van der Waals surface area contributed by atoms with Crippen LogP contribution in [0.5, 0.6) is 0 Å². The van der Waals surface area contributed by atoms with Crippen molar-refractivity contribution in [2.75, 3.05) is 11.4 Å². The lowest BCUT2D eigenvalue weighted by Crippen LogP contribution is -2.36. The summed E-state index contributed by atoms with van der Waals surface area (Å²) >= 11 is 0. The third kappa shape index (κ3) is 3.15. The minimum absolute atomic E-state index is 0.0374. The van der Waals surface area contributed by atoms with Gasteiger partial charge in [-0.3, -0.25) is 0 Å². The summed E-state index contributed by atoms with van der Waals surface area (Å²) in [6.07, 6.45) is 6.07. The van der Waals surface area contributed by atoms with Crippen LogP contribution in [-0.2, 0) is 5.41 Å². The van der Waals surface area contributed by atoms with Crippen molar-refractivity contribution in [3.8, 4) is 11.1 Å². The molecule has 0 spiro atoms. The minimum Gasteiger partial charge on any atom is -0.365 e. The Labute approximate surface area is 203 Å². The quantitative estimate of drug-likeness (QED) is 0.307. The summed E-state index contributed by atoms with van der Waals surface area (Å²) in [5, 5.41) is 2.60. The van der Waals surface area contributed by atoms with Gasteiger partial charge in [-0.25, -0.2) is 0 Å². The average Bonchev–Trinajstić information content (AvgIpc) is 3.11. The van der Waals surface area contributed by atoms with Gasteiger partial charge in [0.25, 0.3) is 0 Å². The van der Waals surface area contributed by atoms with Crippen LogP contribution in [0, 0.1) is 0 Å². The van der Waals surface area contributed by atoms with Crippen LogP contribution in [0.1, 0.15) is 38.3 Å². The molecule has 0 N–H and O–H groups in total. The number of fused-ring (bicyclic) bond motifs is 4. The molecule has 0 saturated carbocycles. The lowest BCUT2D eigenvalue weighted by molar-refractivity contribution is 0.634. The van der Waals surface area contributed by atoms with Crippen molar-refractivity contribution >= 4 is 22.0 Å². The van der Waals surface area contributed by atoms with Gasteiger partial charge in [0.05, 0.1) is 6.04 Å². The molecule has 6 rings (SSSR count). The smallest absolute Gasteiger partial charge is 0.0514 e. The third-order valence-corrected chi connectivity index (χ3v) is 7.81. The zero-order valence-electron chi connectivity index (χ0n) is 20.3. The summed E-state index contributed by atoms with van der Waals surface area (Å²) in [4.78, 5) is 2.59. The van der Waals surface area contributed by atoms with E-state index in [-0.39, 0.29) is 5.41 Å². The highest BCUT2D eigenvalue weighted by Crippen LogP contribution is 2.51. The van der Waals surface area contributed by atoms with E-state index in [1.165, 1.54) is 49.9 Å². The fourth-order valence-corrected chi connectivity index (χ4v) is 6.12. The number of nitrogens with zero attached hydrogens (tertiary/aromatic N) is 1. The maximum absolute atomic E-state index is 2.59. The molecule has 1 heteroatoms. The van der Waals surface area contributed by atoms with Crippen LogP contribution in [0.4, 0.5) is 5.69 Å². The first-order valence-electron chi connectivity index (χ1n) is 12.5. The van der Waals surface area contributed by atoms with Gasteiger partial charge >= 0.3 is 0 Å². The number of benzene rings is 4. The van der Waals surface area contributed by atoms with Gasteiger partial charge in [0.2, 0.25) is 0 Å². The van der Waals surface area contributed by atoms with Crippen LogP contribution in [0.3, 0.4) is 0 Å². The summed E-state index contributed by atoms with van der Waals surface area (Å²) in [6.45, 7) is 8.00. The molecule has 168 valence electrons. The number of hydrogen-bond donors (Lipinski definition) is 0. The molecule has 34 heavy (non-hydrogen) atoms. The van der Waals surface area contributed by atoms with E-state index < -0.39 is 0 Å². The molecule has 1 nitrogen and oxygen atoms in total. The molecule has 0 amide bonds. The number of rotatable bonds is 4. The Hall–Kier alpha value is -3.58. The molecule has 4 aromatic carbocycles. The largest absolute Gasteiger partial charge is 0.365 e. The topological polar surface area (TPSA) is 3.24 Å². The average molecular weight is 442 g/mol. The van der Waals surface area contributed by atoms with Crippen molar-refractivity contribution in [2.45, 2.75) is 38.6 Å². The lowest BCUT2D eigenvalue weighted by Gasteiger charge is -2.36. The normalized spacial score (nSPS) is 18.1. The second kappa shape index (κ2) is 8.02. The minimum atomic E-state index is 0.0374. The Balaban J connectivity index is 1.45. The number of hydrogen-bond acceptors (Lipinski definition) is 1. The van der Waals surface area contributed by atoms with E-state index in [1.807, 2.05) is 0 Å². The monoisotopic (exact) mass is 441 g/mol. The molecule has 0 radical (unpaired) electrons. The van der Waals surface area contributed by atoms with E-state index >= 15 is 0 Å². The molecule has 2 aliphatic carbocycles. The predicted octanol–water partition coefficient (Wildman–Crippen LogP) is 8.41. The zero-order chi connectivity index (χ0) is 23.3. The number of anilines is 1. The van der Waals surface area contributed by atoms with Crippen molar-refractivity contribution in [3.05, 3.63) is 120 Å². The zero-order valence-corrected chi connectivity index (χ0v) is 20.3. The van der Waals surface area contributed by atoms with Crippen LogP contribution in [0.2, 0.25) is 0 Å². The van der Waals surface area contributed by atoms with Crippen molar-refractivity contribution in [3.63, 3.8) is 0 Å². The van der Waals surface area contributed by atoms with Crippen LogP contribution in [0.25, 0.3) is 27.5 Å². The van der Waals surface area contributed by atoms with Gasteiger partial charge in [-0.2, -0.15) is 0 Å². The third-order valence-electron chi connectivity index (χ3n) is 7.81. The van der Waals surface area contributed by atoms with Crippen LogP contribution in [-0.4, -0.2) is 12.6 Å². The highest BCUT2D eigenvalue weighted by molar-refractivity contribution is 6.00. The second-order valence-electron chi connectivity index (χ2n) is 10.0. The summed E-state index contributed by atoms with van der Waals surface area (Å²) in [7, 11) is 0. The number of allylic oxidation sites excluding steroid dienone is 2. The van der Waals surface area contributed by atoms with Crippen molar-refractivity contribution in [2.24, 2.45) is 0 Å². The van der Waals surface area contributed by atoms with Gasteiger partial charge < -0.3 is 4.90 Å². The van der Waals surface area contributed by atoms with Crippen LogP contribution in [0.15, 0.2) is 109 Å². The maximum atomic E-state index is 2.59. The first kappa shape index (κ1) is 21.0. The fourth-order valence-electron chi connectivity index (χ4n) is 6.12. The van der Waals surface area contributed by atoms with Gasteiger partial charge in [-0.15, -0.1) is 0 Å². The first-order valence-corrected chi connectivity index (χ1v) is 12.5. The Morgan fingerprint density at radius 1 is 0.765 bits per heavy atom. The predicted molar refractivity (Wildman–Crippen MR) is 146 cm³/mol. The molecule has 0 saturated heterocycles. The summed E-state index contributed by atoms with van der Waals surface area (Å²) in [5.41, 5.74) is 9.75. The van der Waals surface area contributed by atoms with Gasteiger partial charge in [0.15, 0.2) is 0 Å². The van der Waals surface area contributed by atoms with Crippen molar-refractivity contribution in [1.29, 1.82) is 0 Å². The molecule has 4 aromatic rings. The van der Waals surface area contributed by atoms with E-state index in [1.54, 1.807) is 0 Å². The summed E-state index contributed by atoms with van der Waals surface area (Å²) in [5.74, 6) is 0. The van der Waals surface area contributed by atoms with Gasteiger partial charge in [0.1, 0.15) is 0 Å². The summed E-state index contributed by atoms with van der Waals surface area (Å²) in [6, 6.07) is 33.6. The van der Waals surface area contributed by atoms with Gasteiger partial charge in [-0.05, 0) is 58.0 Å². The highest BCUT2D eigenvalue weighted by atomic mass is 15.2. The van der Waals surface area contributed by atoms with E-state index in [9.17, 15) is 0 Å². The standard InChI is InChI=1S/C33H31N/c1-4-34(24-20-21-28-27-15-7-9-18-30(27)33(2,3)31(28)22-24)32-19-10-8-16-29(32)26-17-11-13-23-12-5-6-14-25(23)26/h5-19,21-22,24H,4,20H2,1-3H3. The van der Waals surface area contributed by atoms with Gasteiger partial charge in [0, 0.05) is 23.2 Å². The van der Waals surface area contributed by atoms with Crippen molar-refractivity contribution < 1.29 is 0 Å². The lowest BCUT2D eigenvalue weighted by atomic mass is 9.79. The Bertz CT molecular complexity index is 1450. The van der Waals surface area contributed by atoms with E-state index in [0.29, 0.717) is 6.04 Å². The van der Waals surface area contributed by atoms with Crippen LogP contribution >= 0.6 is 0 Å². The Morgan fingerprint density at radius 3 is 2.29 bits per heavy atom. The molecule has 0 aromatic heterocycles. The molecule has 1 atom stereocenters. The van der Waals surface area contributed by atoms with E-state index in [4.69, 9.17) is 0 Å². The first-order chi connectivity index (χ1) is 16.6. The molecular formula is C33H31N. The SMILES string of the molecule is CCN(c1ccccc1-c1cccc2ccccc12)C1C=C2C(=CC1)c1ccccc1C2(C)C. The summed E-state index contributed by atoms with van der Waals surface area (Å²) < 4.78 is 0. The van der Waals surface area contributed by atoms with E-state index in [0.717, 1.165) is 13.0 Å². The molecule has 0 bridgehead atoms. The maximum Gasteiger partial charge on any atom is 0.0514 e. The Morgan fingerprint density at radius 2 is 1.44 bits per heavy atom. The van der Waals surface area contributed by atoms with Gasteiger partial charge in [-0.1, -0.05) is 111 Å². The van der Waals surface area contributed by atoms with Crippen molar-refractivity contribution in [1.82, 2.24) is 0 Å². The molecular weight excluding hydrogens is 410 g/mol. The second-order valence-corrected chi connectivity index (χ2v) is 10.0. The molecule has 0 fully saturated rings. The Kier molecular flexibility index (Phi) is 4.95. The molecule has 0 heterocycles.